The lowest BCUT2D eigenvalue weighted by Crippen LogP contribution is -2.25. The van der Waals surface area contributed by atoms with Crippen molar-refractivity contribution < 1.29 is 19.0 Å². The summed E-state index contributed by atoms with van der Waals surface area (Å²) in [6.45, 7) is 1.92. The maximum atomic E-state index is 13.1. The summed E-state index contributed by atoms with van der Waals surface area (Å²) in [5.41, 5.74) is 7.02. The average molecular weight is 291 g/mol. The third kappa shape index (κ3) is 4.65. The number of nitrogen functional groups attached to an aromatic ring is 1. The molecule has 1 unspecified atom stereocenters. The Balaban J connectivity index is 1.80. The van der Waals surface area contributed by atoms with Crippen LogP contribution in [0.5, 0.6) is 11.5 Å². The zero-order chi connectivity index (χ0) is 15.2. The third-order valence-corrected chi connectivity index (χ3v) is 2.90. The monoisotopic (exact) mass is 291 g/mol. The van der Waals surface area contributed by atoms with Gasteiger partial charge in [-0.25, -0.2) is 4.39 Å². The minimum absolute atomic E-state index is 0.0270. The van der Waals surface area contributed by atoms with E-state index < -0.39 is 6.10 Å². The van der Waals surface area contributed by atoms with Crippen molar-refractivity contribution in [2.24, 2.45) is 0 Å². The standard InChI is InChI=1S/C16H18FNO3/c1-11-2-3-12(17)8-16(11)21-10-14(19)9-20-15-6-4-13(18)5-7-15/h2-8,14,19H,9-10,18H2,1H3. The van der Waals surface area contributed by atoms with Gasteiger partial charge in [-0.3, -0.25) is 0 Å². The molecule has 0 fully saturated rings. The lowest BCUT2D eigenvalue weighted by molar-refractivity contribution is 0.0623. The Morgan fingerprint density at radius 2 is 1.76 bits per heavy atom. The highest BCUT2D eigenvalue weighted by Gasteiger charge is 2.08. The van der Waals surface area contributed by atoms with Gasteiger partial charge in [0.05, 0.1) is 0 Å². The van der Waals surface area contributed by atoms with Gasteiger partial charge >= 0.3 is 0 Å². The Morgan fingerprint density at radius 1 is 1.10 bits per heavy atom. The fourth-order valence-electron chi connectivity index (χ4n) is 1.72. The van der Waals surface area contributed by atoms with Crippen LogP contribution in [-0.2, 0) is 0 Å². The Hall–Kier alpha value is -2.27. The molecule has 0 aromatic heterocycles. The smallest absolute Gasteiger partial charge is 0.126 e. The van der Waals surface area contributed by atoms with Crippen LogP contribution in [-0.4, -0.2) is 24.4 Å². The maximum Gasteiger partial charge on any atom is 0.126 e. The number of aliphatic hydroxyl groups excluding tert-OH is 1. The van der Waals surface area contributed by atoms with Gasteiger partial charge in [-0.2, -0.15) is 0 Å². The van der Waals surface area contributed by atoms with Crippen molar-refractivity contribution in [2.45, 2.75) is 13.0 Å². The van der Waals surface area contributed by atoms with Crippen LogP contribution in [0.4, 0.5) is 10.1 Å². The summed E-state index contributed by atoms with van der Waals surface area (Å²) in [5, 5.41) is 9.82. The molecule has 21 heavy (non-hydrogen) atoms. The average Bonchev–Trinajstić information content (AvgIpc) is 2.47. The van der Waals surface area contributed by atoms with E-state index in [1.807, 2.05) is 6.92 Å². The highest BCUT2D eigenvalue weighted by atomic mass is 19.1. The number of benzene rings is 2. The molecule has 0 aliphatic heterocycles. The number of hydrogen-bond acceptors (Lipinski definition) is 4. The van der Waals surface area contributed by atoms with Gasteiger partial charge in [-0.1, -0.05) is 6.07 Å². The van der Waals surface area contributed by atoms with Crippen LogP contribution in [0.1, 0.15) is 5.56 Å². The van der Waals surface area contributed by atoms with Gasteiger partial charge in [0.1, 0.15) is 36.6 Å². The fourth-order valence-corrected chi connectivity index (χ4v) is 1.72. The normalized spacial score (nSPS) is 12.0. The maximum absolute atomic E-state index is 13.1. The predicted octanol–water partition coefficient (Wildman–Crippen LogP) is 2.54. The SMILES string of the molecule is Cc1ccc(F)cc1OCC(O)COc1ccc(N)cc1. The van der Waals surface area contributed by atoms with Crippen molar-refractivity contribution in [3.05, 3.63) is 53.8 Å². The van der Waals surface area contributed by atoms with Crippen molar-refractivity contribution in [1.29, 1.82) is 0 Å². The Labute approximate surface area is 122 Å². The van der Waals surface area contributed by atoms with Gasteiger partial charge in [0.25, 0.3) is 0 Å². The molecule has 0 radical (unpaired) electrons. The summed E-state index contributed by atoms with van der Waals surface area (Å²) >= 11 is 0. The van der Waals surface area contributed by atoms with E-state index in [0.29, 0.717) is 17.2 Å². The first-order valence-electron chi connectivity index (χ1n) is 6.60. The molecule has 3 N–H and O–H groups in total. The van der Waals surface area contributed by atoms with Crippen molar-refractivity contribution in [2.75, 3.05) is 18.9 Å². The van der Waals surface area contributed by atoms with E-state index in [-0.39, 0.29) is 19.0 Å². The number of nitrogens with two attached hydrogens (primary N) is 1. The van der Waals surface area contributed by atoms with Crippen LogP contribution >= 0.6 is 0 Å². The molecule has 4 nitrogen and oxygen atoms in total. The molecule has 2 rings (SSSR count). The van der Waals surface area contributed by atoms with Gasteiger partial charge in [-0.15, -0.1) is 0 Å². The second-order valence-electron chi connectivity index (χ2n) is 4.75. The van der Waals surface area contributed by atoms with Gasteiger partial charge in [0.15, 0.2) is 0 Å². The summed E-state index contributed by atoms with van der Waals surface area (Å²) in [4.78, 5) is 0. The van der Waals surface area contributed by atoms with Crippen LogP contribution in [0.15, 0.2) is 42.5 Å². The molecular formula is C16H18FNO3. The molecule has 0 aliphatic rings. The molecule has 112 valence electrons. The van der Waals surface area contributed by atoms with Crippen LogP contribution in [0, 0.1) is 12.7 Å². The molecule has 0 aliphatic carbocycles. The molecule has 0 bridgehead atoms. The molecule has 2 aromatic rings. The number of rotatable bonds is 6. The largest absolute Gasteiger partial charge is 0.491 e. The molecular weight excluding hydrogens is 273 g/mol. The van der Waals surface area contributed by atoms with Crippen LogP contribution in [0.25, 0.3) is 0 Å². The van der Waals surface area contributed by atoms with Crippen molar-refractivity contribution in [3.63, 3.8) is 0 Å². The predicted molar refractivity (Wildman–Crippen MR) is 79.0 cm³/mol. The number of aryl methyl sites for hydroxylation is 1. The highest BCUT2D eigenvalue weighted by molar-refractivity contribution is 5.41. The van der Waals surface area contributed by atoms with Gasteiger partial charge < -0.3 is 20.3 Å². The summed E-state index contributed by atoms with van der Waals surface area (Å²) in [6, 6.07) is 11.2. The van der Waals surface area contributed by atoms with Crippen LogP contribution in [0.3, 0.4) is 0 Å². The van der Waals surface area contributed by atoms with E-state index in [1.54, 1.807) is 30.3 Å². The number of aliphatic hydroxyl groups is 1. The van der Waals surface area contributed by atoms with Crippen molar-refractivity contribution in [1.82, 2.24) is 0 Å². The molecule has 1 atom stereocenters. The zero-order valence-corrected chi connectivity index (χ0v) is 11.8. The van der Waals surface area contributed by atoms with Crippen LogP contribution < -0.4 is 15.2 Å². The molecule has 0 saturated heterocycles. The molecule has 0 amide bonds. The first-order valence-corrected chi connectivity index (χ1v) is 6.60. The quantitative estimate of drug-likeness (QED) is 0.803. The second-order valence-corrected chi connectivity index (χ2v) is 4.75. The van der Waals surface area contributed by atoms with E-state index >= 15 is 0 Å². The number of anilines is 1. The first kappa shape index (κ1) is 15.1. The second kappa shape index (κ2) is 6.95. The molecule has 0 spiro atoms. The molecule has 5 heteroatoms. The zero-order valence-electron chi connectivity index (χ0n) is 11.8. The molecule has 0 heterocycles. The third-order valence-electron chi connectivity index (χ3n) is 2.90. The minimum Gasteiger partial charge on any atom is -0.491 e. The minimum atomic E-state index is -0.815. The lowest BCUT2D eigenvalue weighted by Gasteiger charge is -2.15. The van der Waals surface area contributed by atoms with E-state index in [9.17, 15) is 9.50 Å². The van der Waals surface area contributed by atoms with Gasteiger partial charge in [-0.05, 0) is 42.8 Å². The molecule has 2 aromatic carbocycles. The summed E-state index contributed by atoms with van der Waals surface area (Å²) in [5.74, 6) is 0.662. The molecule has 0 saturated carbocycles. The highest BCUT2D eigenvalue weighted by Crippen LogP contribution is 2.19. The fraction of sp³-hybridized carbons (Fsp3) is 0.250. The summed E-state index contributed by atoms with van der Waals surface area (Å²) in [7, 11) is 0. The Kier molecular flexibility index (Phi) is 5.00. The number of hydrogen-bond donors (Lipinski definition) is 2. The van der Waals surface area contributed by atoms with Crippen LogP contribution in [0.2, 0.25) is 0 Å². The Morgan fingerprint density at radius 3 is 2.48 bits per heavy atom. The first-order chi connectivity index (χ1) is 10.0. The lowest BCUT2D eigenvalue weighted by atomic mass is 10.2. The van der Waals surface area contributed by atoms with Gasteiger partial charge in [0, 0.05) is 11.8 Å². The van der Waals surface area contributed by atoms with E-state index in [1.165, 1.54) is 12.1 Å². The van der Waals surface area contributed by atoms with Gasteiger partial charge in [0.2, 0.25) is 0 Å². The Bertz CT molecular complexity index is 587. The summed E-state index contributed by atoms with van der Waals surface area (Å²) < 4.78 is 23.9. The topological polar surface area (TPSA) is 64.7 Å². The van der Waals surface area contributed by atoms with E-state index in [0.717, 1.165) is 5.56 Å². The van der Waals surface area contributed by atoms with Crippen molar-refractivity contribution in [3.8, 4) is 11.5 Å². The number of ether oxygens (including phenoxy) is 2. The summed E-state index contributed by atoms with van der Waals surface area (Å²) in [6.07, 6.45) is -0.815. The van der Waals surface area contributed by atoms with E-state index in [2.05, 4.69) is 0 Å². The van der Waals surface area contributed by atoms with Crippen molar-refractivity contribution >= 4 is 5.69 Å². The number of halogens is 1. The van der Waals surface area contributed by atoms with E-state index in [4.69, 9.17) is 15.2 Å².